The Labute approximate surface area is 139 Å². The number of aromatic nitrogens is 2. The standard InChI is InChI=1S/C21H16N2O/c24-20-12-14-23(19-11-6-13-22-21(19)20)15-17-9-4-5-10-18(17)16-7-2-1-3-8-16/h1-14H,15H2. The molecule has 3 heteroatoms. The van der Waals surface area contributed by atoms with E-state index in [-0.39, 0.29) is 5.43 Å². The zero-order valence-electron chi connectivity index (χ0n) is 13.1. The van der Waals surface area contributed by atoms with Crippen LogP contribution in [-0.2, 0) is 6.54 Å². The van der Waals surface area contributed by atoms with Crippen LogP contribution in [0.1, 0.15) is 5.56 Å². The van der Waals surface area contributed by atoms with E-state index in [4.69, 9.17) is 0 Å². The molecule has 0 aliphatic heterocycles. The minimum absolute atomic E-state index is 0.0433. The number of nitrogens with zero attached hydrogens (tertiary/aromatic N) is 2. The molecule has 116 valence electrons. The molecule has 2 heterocycles. The molecule has 4 aromatic rings. The van der Waals surface area contributed by atoms with E-state index in [1.807, 2.05) is 42.6 Å². The average Bonchev–Trinajstić information content (AvgIpc) is 2.65. The SMILES string of the molecule is O=c1ccn(Cc2ccccc2-c2ccccc2)c2cccnc12. The maximum atomic E-state index is 12.0. The van der Waals surface area contributed by atoms with Crippen molar-refractivity contribution in [2.24, 2.45) is 0 Å². The molecule has 0 unspecified atom stereocenters. The van der Waals surface area contributed by atoms with Crippen LogP contribution in [0.4, 0.5) is 0 Å². The first-order chi connectivity index (χ1) is 11.8. The Kier molecular flexibility index (Phi) is 3.67. The minimum Gasteiger partial charge on any atom is -0.342 e. The van der Waals surface area contributed by atoms with Gasteiger partial charge in [0.15, 0.2) is 0 Å². The third-order valence-electron chi connectivity index (χ3n) is 4.18. The molecule has 0 N–H and O–H groups in total. The fourth-order valence-corrected chi connectivity index (χ4v) is 3.01. The van der Waals surface area contributed by atoms with Gasteiger partial charge in [0, 0.05) is 25.0 Å². The van der Waals surface area contributed by atoms with Crippen molar-refractivity contribution < 1.29 is 0 Å². The van der Waals surface area contributed by atoms with Gasteiger partial charge in [-0.15, -0.1) is 0 Å². The van der Waals surface area contributed by atoms with Gasteiger partial charge in [0.2, 0.25) is 5.43 Å². The smallest absolute Gasteiger partial charge is 0.207 e. The molecule has 0 saturated heterocycles. The summed E-state index contributed by atoms with van der Waals surface area (Å²) in [7, 11) is 0. The summed E-state index contributed by atoms with van der Waals surface area (Å²) in [5.41, 5.74) is 4.92. The van der Waals surface area contributed by atoms with Gasteiger partial charge in [0.25, 0.3) is 0 Å². The molecule has 3 nitrogen and oxygen atoms in total. The highest BCUT2D eigenvalue weighted by Crippen LogP contribution is 2.24. The summed E-state index contributed by atoms with van der Waals surface area (Å²) in [6.07, 6.45) is 3.50. The van der Waals surface area contributed by atoms with E-state index in [1.165, 1.54) is 16.7 Å². The Bertz CT molecular complexity index is 1050. The van der Waals surface area contributed by atoms with Crippen molar-refractivity contribution in [3.63, 3.8) is 0 Å². The second-order valence-corrected chi connectivity index (χ2v) is 5.70. The number of fused-ring (bicyclic) bond motifs is 1. The summed E-state index contributed by atoms with van der Waals surface area (Å²) < 4.78 is 2.07. The van der Waals surface area contributed by atoms with Crippen molar-refractivity contribution in [1.82, 2.24) is 9.55 Å². The van der Waals surface area contributed by atoms with Gasteiger partial charge in [-0.3, -0.25) is 9.78 Å². The predicted octanol–water partition coefficient (Wildman–Crippen LogP) is 4.11. The number of pyridine rings is 2. The number of benzene rings is 2. The average molecular weight is 312 g/mol. The predicted molar refractivity (Wildman–Crippen MR) is 97.0 cm³/mol. The zero-order chi connectivity index (χ0) is 16.4. The first kappa shape index (κ1) is 14.4. The van der Waals surface area contributed by atoms with E-state index >= 15 is 0 Å². The number of rotatable bonds is 3. The lowest BCUT2D eigenvalue weighted by Crippen LogP contribution is -2.10. The summed E-state index contributed by atoms with van der Waals surface area (Å²) in [6.45, 7) is 0.688. The zero-order valence-corrected chi connectivity index (χ0v) is 13.1. The van der Waals surface area contributed by atoms with Crippen LogP contribution in [0.5, 0.6) is 0 Å². The summed E-state index contributed by atoms with van der Waals surface area (Å²) in [5, 5.41) is 0. The Morgan fingerprint density at radius 3 is 2.50 bits per heavy atom. The normalized spacial score (nSPS) is 10.8. The van der Waals surface area contributed by atoms with Crippen molar-refractivity contribution in [3.8, 4) is 11.1 Å². The van der Waals surface area contributed by atoms with Crippen LogP contribution in [0.2, 0.25) is 0 Å². The van der Waals surface area contributed by atoms with Gasteiger partial charge in [0.05, 0.1) is 5.52 Å². The molecule has 4 rings (SSSR count). The maximum absolute atomic E-state index is 12.0. The first-order valence-corrected chi connectivity index (χ1v) is 7.90. The van der Waals surface area contributed by atoms with Gasteiger partial charge in [-0.25, -0.2) is 0 Å². The molecule has 0 bridgehead atoms. The molecule has 0 saturated carbocycles. The van der Waals surface area contributed by atoms with E-state index in [0.29, 0.717) is 12.1 Å². The van der Waals surface area contributed by atoms with E-state index in [9.17, 15) is 4.79 Å². The third kappa shape index (κ3) is 2.61. The highest BCUT2D eigenvalue weighted by atomic mass is 16.1. The molecular formula is C21H16N2O. The van der Waals surface area contributed by atoms with Crippen LogP contribution in [0.25, 0.3) is 22.2 Å². The van der Waals surface area contributed by atoms with Gasteiger partial charge in [0.1, 0.15) is 5.52 Å². The maximum Gasteiger partial charge on any atom is 0.207 e. The summed E-state index contributed by atoms with van der Waals surface area (Å²) in [4.78, 5) is 16.2. The first-order valence-electron chi connectivity index (χ1n) is 7.90. The molecule has 0 aliphatic carbocycles. The molecule has 0 atom stereocenters. The highest BCUT2D eigenvalue weighted by molar-refractivity contribution is 5.74. The van der Waals surface area contributed by atoms with Crippen molar-refractivity contribution in [1.29, 1.82) is 0 Å². The summed E-state index contributed by atoms with van der Waals surface area (Å²) in [6, 6.07) is 24.1. The molecular weight excluding hydrogens is 296 g/mol. The summed E-state index contributed by atoms with van der Waals surface area (Å²) in [5.74, 6) is 0. The van der Waals surface area contributed by atoms with Gasteiger partial charge in [-0.1, -0.05) is 54.6 Å². The Morgan fingerprint density at radius 2 is 1.62 bits per heavy atom. The van der Waals surface area contributed by atoms with Crippen molar-refractivity contribution >= 4 is 11.0 Å². The molecule has 0 radical (unpaired) electrons. The second kappa shape index (κ2) is 6.13. The number of hydrogen-bond acceptors (Lipinski definition) is 2. The van der Waals surface area contributed by atoms with Crippen molar-refractivity contribution in [2.45, 2.75) is 6.54 Å². The van der Waals surface area contributed by atoms with Gasteiger partial charge in [-0.05, 0) is 28.8 Å². The molecule has 0 amide bonds. The Hall–Kier alpha value is -3.20. The lowest BCUT2D eigenvalue weighted by atomic mass is 9.99. The molecule has 0 spiro atoms. The molecule has 2 aromatic carbocycles. The van der Waals surface area contributed by atoms with Crippen LogP contribution in [-0.4, -0.2) is 9.55 Å². The topological polar surface area (TPSA) is 34.9 Å². The third-order valence-corrected chi connectivity index (χ3v) is 4.18. The van der Waals surface area contributed by atoms with E-state index in [0.717, 1.165) is 5.52 Å². The number of hydrogen-bond donors (Lipinski definition) is 0. The minimum atomic E-state index is -0.0433. The monoisotopic (exact) mass is 312 g/mol. The van der Waals surface area contributed by atoms with Crippen molar-refractivity contribution in [3.05, 3.63) is 101 Å². The Balaban J connectivity index is 1.83. The Morgan fingerprint density at radius 1 is 0.833 bits per heavy atom. The largest absolute Gasteiger partial charge is 0.342 e. The highest BCUT2D eigenvalue weighted by Gasteiger charge is 2.08. The fourth-order valence-electron chi connectivity index (χ4n) is 3.01. The van der Waals surface area contributed by atoms with E-state index < -0.39 is 0 Å². The quantitative estimate of drug-likeness (QED) is 0.570. The van der Waals surface area contributed by atoms with Crippen molar-refractivity contribution in [2.75, 3.05) is 0 Å². The molecule has 0 fully saturated rings. The van der Waals surface area contributed by atoms with E-state index in [1.54, 1.807) is 12.3 Å². The second-order valence-electron chi connectivity index (χ2n) is 5.70. The van der Waals surface area contributed by atoms with Crippen LogP contribution in [0, 0.1) is 0 Å². The lowest BCUT2D eigenvalue weighted by molar-refractivity contribution is 0.825. The fraction of sp³-hybridized carbons (Fsp3) is 0.0476. The van der Waals surface area contributed by atoms with Crippen LogP contribution in [0.3, 0.4) is 0 Å². The molecule has 24 heavy (non-hydrogen) atoms. The van der Waals surface area contributed by atoms with Crippen LogP contribution >= 0.6 is 0 Å². The molecule has 0 aliphatic rings. The van der Waals surface area contributed by atoms with Crippen LogP contribution < -0.4 is 5.43 Å². The van der Waals surface area contributed by atoms with Gasteiger partial charge >= 0.3 is 0 Å². The van der Waals surface area contributed by atoms with Crippen LogP contribution in [0.15, 0.2) is 90.0 Å². The molecule has 2 aromatic heterocycles. The lowest BCUT2D eigenvalue weighted by Gasteiger charge is -2.14. The van der Waals surface area contributed by atoms with Gasteiger partial charge in [-0.2, -0.15) is 0 Å². The van der Waals surface area contributed by atoms with Gasteiger partial charge < -0.3 is 4.57 Å². The van der Waals surface area contributed by atoms with E-state index in [2.05, 4.69) is 39.9 Å². The summed E-state index contributed by atoms with van der Waals surface area (Å²) >= 11 is 0.